The van der Waals surface area contributed by atoms with Crippen molar-refractivity contribution in [1.82, 2.24) is 75.0 Å². The Morgan fingerprint density at radius 1 is 0.359 bits per heavy atom. The Kier molecular flexibility index (Phi) is 34.4. The van der Waals surface area contributed by atoms with Crippen LogP contribution >= 0.6 is 0 Å². The number of aromatic nitrogens is 10. The summed E-state index contributed by atoms with van der Waals surface area (Å²) in [5.41, 5.74) is 15.0. The molecule has 29 nitrogen and oxygen atoms in total. The van der Waals surface area contributed by atoms with Crippen molar-refractivity contribution < 1.29 is 33.4 Å². The third kappa shape index (κ3) is 28.3. The smallest absolute Gasteiger partial charge is 0.415 e. The number of ether oxygens (including phenoxy) is 2. The van der Waals surface area contributed by atoms with Gasteiger partial charge in [0.05, 0.1) is 37.0 Å². The molecule has 0 bridgehead atoms. The van der Waals surface area contributed by atoms with E-state index in [0.29, 0.717) is 106 Å². The van der Waals surface area contributed by atoms with Gasteiger partial charge in [0.15, 0.2) is 17.5 Å². The van der Waals surface area contributed by atoms with E-state index in [2.05, 4.69) is 235 Å². The molecule has 0 atom stereocenters. The first-order valence-electron chi connectivity index (χ1n) is 44.8. The molecule has 29 heteroatoms. The Bertz CT molecular complexity index is 4840. The van der Waals surface area contributed by atoms with E-state index in [1.54, 1.807) is 18.2 Å². The van der Waals surface area contributed by atoms with Gasteiger partial charge in [-0.1, -0.05) is 161 Å². The average Bonchev–Trinajstić information content (AvgIpc) is 0.828. The van der Waals surface area contributed by atoms with E-state index in [1.165, 1.54) is 27.8 Å². The minimum Gasteiger partial charge on any atom is -0.481 e. The monoisotopic (exact) mass is 1740 g/mol. The maximum atomic E-state index is 12.6. The van der Waals surface area contributed by atoms with Crippen LogP contribution < -0.4 is 44.6 Å². The summed E-state index contributed by atoms with van der Waals surface area (Å²) in [4.78, 5) is 100.0. The number of hydrogen-bond acceptors (Lipinski definition) is 22. The number of aryl methyl sites for hydroxylation is 5. The largest absolute Gasteiger partial charge is 0.481 e. The van der Waals surface area contributed by atoms with Crippen LogP contribution in [0.3, 0.4) is 0 Å². The molecule has 15 rings (SSSR count). The number of amides is 7. The quantitative estimate of drug-likeness (QED) is 0.0856. The number of nitrogens with one attached hydrogen (secondary N) is 2. The number of carbonyl (C=O) groups is 5. The van der Waals surface area contributed by atoms with Crippen molar-refractivity contribution in [2.24, 2.45) is 0 Å². The van der Waals surface area contributed by atoms with Gasteiger partial charge >= 0.3 is 18.2 Å². The summed E-state index contributed by atoms with van der Waals surface area (Å²) >= 11 is 0. The molecule has 0 unspecified atom stereocenters. The molecule has 5 fully saturated rings. The SMILES string of the molecule is COc1nc(N2CCN(C(=O)Nc3ccc(C(C)C)cc3)CC2)ncc1C.Cc1ccc(N2CCN(C(=O)Cc3ccc(C(C)(C)C)cc3)CC2)nn1.Cc1ccc(N2CCN(C(=O)Cc3ccc(C(C)C)cc3)CC2)nn1.Cc1ccc(N2CCN(C(=O)Oc3ccc(C(C)C)cc3)CC2)nn1.Cc1cnc(N2CCN(C(=O)Nc3ccc(C(C)C)cc3)CC2)nc1. The third-order valence-corrected chi connectivity index (χ3v) is 23.3. The summed E-state index contributed by atoms with van der Waals surface area (Å²) in [6.07, 6.45) is 6.05. The highest BCUT2D eigenvalue weighted by Gasteiger charge is 2.30. The van der Waals surface area contributed by atoms with Crippen molar-refractivity contribution in [2.45, 2.75) is 153 Å². The van der Waals surface area contributed by atoms with Crippen molar-refractivity contribution in [2.75, 3.05) is 173 Å². The first-order chi connectivity index (χ1) is 61.4. The van der Waals surface area contributed by atoms with Gasteiger partial charge in [-0.25, -0.2) is 29.3 Å². The first kappa shape index (κ1) is 95.7. The molecule has 0 aliphatic carbocycles. The van der Waals surface area contributed by atoms with Crippen LogP contribution in [0, 0.1) is 34.6 Å². The number of methoxy groups -OCH3 is 1. The molecular formula is C99H130N22O7. The Morgan fingerprint density at radius 3 is 1.02 bits per heavy atom. The van der Waals surface area contributed by atoms with Gasteiger partial charge in [-0.2, -0.15) is 20.3 Å². The zero-order chi connectivity index (χ0) is 91.6. The zero-order valence-electron chi connectivity index (χ0n) is 77.9. The van der Waals surface area contributed by atoms with Gasteiger partial charge < -0.3 is 69.1 Å². The van der Waals surface area contributed by atoms with Crippen LogP contribution in [0.2, 0.25) is 0 Å². The number of carbonyl (C=O) groups excluding carboxylic acids is 5. The average molecular weight is 1740 g/mol. The van der Waals surface area contributed by atoms with Gasteiger partial charge in [0.2, 0.25) is 29.6 Å². The predicted molar refractivity (Wildman–Crippen MR) is 508 cm³/mol. The van der Waals surface area contributed by atoms with E-state index < -0.39 is 0 Å². The van der Waals surface area contributed by atoms with Crippen LogP contribution in [-0.2, 0) is 27.8 Å². The molecule has 5 saturated heterocycles. The molecule has 5 aromatic heterocycles. The number of piperazine rings is 5. The number of rotatable bonds is 17. The number of hydrogen-bond donors (Lipinski definition) is 2. The highest BCUT2D eigenvalue weighted by atomic mass is 16.6. The van der Waals surface area contributed by atoms with Crippen LogP contribution in [0.15, 0.2) is 176 Å². The van der Waals surface area contributed by atoms with Crippen LogP contribution in [0.4, 0.5) is 55.1 Å². The fraction of sp³-hybridized carbons (Fsp3) is 0.444. The maximum Gasteiger partial charge on any atom is 0.415 e. The Labute approximate surface area is 756 Å². The highest BCUT2D eigenvalue weighted by molar-refractivity contribution is 5.90. The minimum absolute atomic E-state index is 0.0539. The van der Waals surface area contributed by atoms with E-state index in [0.717, 1.165) is 153 Å². The van der Waals surface area contributed by atoms with E-state index in [1.807, 2.05) is 152 Å². The molecule has 10 heterocycles. The Balaban J connectivity index is 0.000000155. The molecule has 128 heavy (non-hydrogen) atoms. The van der Waals surface area contributed by atoms with E-state index >= 15 is 0 Å². The van der Waals surface area contributed by atoms with Gasteiger partial charge in [-0.3, -0.25) is 9.59 Å². The van der Waals surface area contributed by atoms with Gasteiger partial charge in [0.25, 0.3) is 0 Å². The van der Waals surface area contributed by atoms with Crippen LogP contribution in [0.25, 0.3) is 0 Å². The molecule has 0 radical (unpaired) electrons. The van der Waals surface area contributed by atoms with Crippen molar-refractivity contribution in [3.05, 3.63) is 243 Å². The molecule has 0 spiro atoms. The second kappa shape index (κ2) is 46.0. The Hall–Kier alpha value is -13.0. The molecule has 0 saturated carbocycles. The summed E-state index contributed by atoms with van der Waals surface area (Å²) in [5, 5.41) is 30.9. The lowest BCUT2D eigenvalue weighted by Gasteiger charge is -2.35. The van der Waals surface area contributed by atoms with Crippen LogP contribution in [0.1, 0.15) is 167 Å². The van der Waals surface area contributed by atoms with E-state index in [4.69, 9.17) is 9.47 Å². The maximum absolute atomic E-state index is 12.6. The minimum atomic E-state index is -0.299. The second-order valence-corrected chi connectivity index (χ2v) is 35.4. The number of anilines is 7. The van der Waals surface area contributed by atoms with E-state index in [9.17, 15) is 24.0 Å². The third-order valence-electron chi connectivity index (χ3n) is 23.3. The fourth-order valence-electron chi connectivity index (χ4n) is 14.8. The highest BCUT2D eigenvalue weighted by Crippen LogP contribution is 2.28. The summed E-state index contributed by atoms with van der Waals surface area (Å²) in [5.74, 6) is 7.51. The summed E-state index contributed by atoms with van der Waals surface area (Å²) in [7, 11) is 1.61. The van der Waals surface area contributed by atoms with Gasteiger partial charge in [-0.15, -0.1) is 15.3 Å². The van der Waals surface area contributed by atoms with Crippen molar-refractivity contribution in [1.29, 1.82) is 0 Å². The molecular weight excluding hydrogens is 1610 g/mol. The Morgan fingerprint density at radius 2 is 0.680 bits per heavy atom. The van der Waals surface area contributed by atoms with E-state index in [-0.39, 0.29) is 35.4 Å². The lowest BCUT2D eigenvalue weighted by Crippen LogP contribution is -2.50. The normalized spacial score (nSPS) is 14.8. The van der Waals surface area contributed by atoms with Crippen LogP contribution in [-0.4, -0.2) is 243 Å². The summed E-state index contributed by atoms with van der Waals surface area (Å²) in [6, 6.07) is 52.3. The number of nitrogens with zero attached hydrogens (tertiary/aromatic N) is 20. The fourth-order valence-corrected chi connectivity index (χ4v) is 14.8. The zero-order valence-corrected chi connectivity index (χ0v) is 77.9. The van der Waals surface area contributed by atoms with Crippen molar-refractivity contribution in [3.8, 4) is 11.6 Å². The van der Waals surface area contributed by atoms with Gasteiger partial charge in [-0.05, 0) is 181 Å². The molecule has 7 amide bonds. The molecule has 5 aliphatic rings. The first-order valence-corrected chi connectivity index (χ1v) is 44.8. The number of benzene rings is 5. The topological polar surface area (TPSA) is 289 Å². The number of urea groups is 2. The van der Waals surface area contributed by atoms with Crippen molar-refractivity contribution in [3.63, 3.8) is 0 Å². The van der Waals surface area contributed by atoms with Crippen LogP contribution in [0.5, 0.6) is 11.6 Å². The van der Waals surface area contributed by atoms with Gasteiger partial charge in [0.1, 0.15) is 5.75 Å². The summed E-state index contributed by atoms with van der Waals surface area (Å²) < 4.78 is 10.8. The predicted octanol–water partition coefficient (Wildman–Crippen LogP) is 15.5. The summed E-state index contributed by atoms with van der Waals surface area (Å²) in [6.45, 7) is 47.7. The molecule has 2 N–H and O–H groups in total. The molecule has 5 aliphatic heterocycles. The molecule has 678 valence electrons. The standard InChI is InChI=1S/C21H28N4O.C20H27N5O2.C20H26N4O.C19H25N5O.C19H24N4O2/c1-16-5-10-19(23-22-16)24-11-13-25(14-12-24)20(26)15-17-6-8-18(9-7-17)21(2,3)4;1-14(2)16-5-7-17(8-6-16)22-20(26)25-11-9-24(10-12-25)19-21-13-15(3)18(23-19)27-4;1-15(2)18-7-5-17(6-8-18)14-20(25)24-12-10-23(11-13-24)19-9-4-16(3)21-22-19;1-14(2)16-4-6-17(7-5-16)22-19(25)24-10-8-23(9-11-24)18-20-12-15(3)13-21-18;1-14(2)16-5-7-17(8-6-16)25-19(24)23-12-10-22(11-13-23)18-9-4-15(3)20-21-18/h5-10H,11-15H2,1-4H3;5-8,13-14H,9-12H2,1-4H3,(H,22,26);4-9,15H,10-14H2,1-3H3;4-7,12-14H,8-11H2,1-3H3,(H,22,25);4-9,14H,10-13H2,1-3H3. The van der Waals surface area contributed by atoms with Gasteiger partial charge in [0, 0.05) is 166 Å². The lowest BCUT2D eigenvalue weighted by atomic mass is 9.86. The second-order valence-electron chi connectivity index (χ2n) is 35.4. The van der Waals surface area contributed by atoms with Crippen molar-refractivity contribution >= 4 is 70.7 Å². The molecule has 5 aromatic carbocycles. The molecule has 10 aromatic rings. The lowest BCUT2D eigenvalue weighted by molar-refractivity contribution is -0.131.